The molecule has 0 spiro atoms. The van der Waals surface area contributed by atoms with Crippen molar-refractivity contribution < 1.29 is 32.7 Å². The van der Waals surface area contributed by atoms with Crippen LogP contribution in [-0.2, 0) is 38.1 Å². The molecule has 0 aliphatic heterocycles. The fraction of sp³-hybridized carbons (Fsp3) is 0.182. The van der Waals surface area contributed by atoms with Gasteiger partial charge in [-0.05, 0) is 37.5 Å². The van der Waals surface area contributed by atoms with Crippen LogP contribution in [0.25, 0.3) is 0 Å². The Balaban J connectivity index is 0.00000192. The molecule has 1 radical (unpaired) electrons. The Morgan fingerprint density at radius 3 is 1.26 bits per heavy atom. The van der Waals surface area contributed by atoms with Gasteiger partial charge in [0.05, 0.1) is 0 Å². The van der Waals surface area contributed by atoms with Crippen LogP contribution in [0.4, 0.5) is 0 Å². The van der Waals surface area contributed by atoms with E-state index in [9.17, 15) is 0 Å². The van der Waals surface area contributed by atoms with E-state index in [4.69, 9.17) is 0 Å². The third-order valence-electron chi connectivity index (χ3n) is 4.61. The summed E-state index contributed by atoms with van der Waals surface area (Å²) in [5.41, 5.74) is 6.43. The SMILES string of the molecule is Cc1ccc(C(C)(c2ccccc2)c2ccc(C)cc2)cc1.[Y]. The molecule has 0 atom stereocenters. The molecule has 0 unspecified atom stereocenters. The minimum absolute atomic E-state index is 0. The Morgan fingerprint density at radius 1 is 0.522 bits per heavy atom. The average Bonchev–Trinajstić information content (AvgIpc) is 2.56. The second-order valence-corrected chi connectivity index (χ2v) is 6.22. The second kappa shape index (κ2) is 7.56. The van der Waals surface area contributed by atoms with Crippen LogP contribution in [0, 0.1) is 13.8 Å². The van der Waals surface area contributed by atoms with Gasteiger partial charge in [0.2, 0.25) is 0 Å². The fourth-order valence-electron chi connectivity index (χ4n) is 3.05. The van der Waals surface area contributed by atoms with Gasteiger partial charge in [0.15, 0.2) is 0 Å². The molecule has 0 amide bonds. The fourth-order valence-corrected chi connectivity index (χ4v) is 3.05. The van der Waals surface area contributed by atoms with Crippen molar-refractivity contribution in [1.29, 1.82) is 0 Å². The van der Waals surface area contributed by atoms with Crippen LogP contribution < -0.4 is 0 Å². The van der Waals surface area contributed by atoms with E-state index in [0.717, 1.165) is 0 Å². The van der Waals surface area contributed by atoms with E-state index in [1.165, 1.54) is 27.8 Å². The predicted octanol–water partition coefficient (Wildman–Crippen LogP) is 5.66. The van der Waals surface area contributed by atoms with Crippen molar-refractivity contribution in [1.82, 2.24) is 0 Å². The molecule has 3 aromatic rings. The van der Waals surface area contributed by atoms with E-state index in [0.29, 0.717) is 0 Å². The third kappa shape index (κ3) is 3.65. The Kier molecular flexibility index (Phi) is 5.95. The molecular weight excluding hydrogens is 353 g/mol. The van der Waals surface area contributed by atoms with Gasteiger partial charge < -0.3 is 0 Å². The number of benzene rings is 3. The maximum atomic E-state index is 2.32. The van der Waals surface area contributed by atoms with Crippen LogP contribution in [0.3, 0.4) is 0 Å². The molecule has 0 saturated heterocycles. The van der Waals surface area contributed by atoms with Gasteiger partial charge in [-0.2, -0.15) is 0 Å². The van der Waals surface area contributed by atoms with Crippen molar-refractivity contribution in [2.45, 2.75) is 26.2 Å². The van der Waals surface area contributed by atoms with Gasteiger partial charge >= 0.3 is 0 Å². The molecule has 0 bridgehead atoms. The molecule has 0 heterocycles. The summed E-state index contributed by atoms with van der Waals surface area (Å²) in [6.07, 6.45) is 0. The first-order chi connectivity index (χ1) is 10.6. The normalized spacial score (nSPS) is 10.9. The van der Waals surface area contributed by atoms with Crippen LogP contribution in [-0.4, -0.2) is 0 Å². The third-order valence-corrected chi connectivity index (χ3v) is 4.61. The molecule has 0 aliphatic carbocycles. The predicted molar refractivity (Wildman–Crippen MR) is 94.4 cm³/mol. The topological polar surface area (TPSA) is 0 Å². The Morgan fingerprint density at radius 2 is 0.870 bits per heavy atom. The van der Waals surface area contributed by atoms with Crippen LogP contribution >= 0.6 is 0 Å². The molecule has 0 fully saturated rings. The summed E-state index contributed by atoms with van der Waals surface area (Å²) in [6, 6.07) is 28.6. The van der Waals surface area contributed by atoms with Crippen LogP contribution in [0.15, 0.2) is 78.9 Å². The summed E-state index contributed by atoms with van der Waals surface area (Å²) in [5.74, 6) is 0. The van der Waals surface area contributed by atoms with Crippen LogP contribution in [0.1, 0.15) is 34.7 Å². The first-order valence-electron chi connectivity index (χ1n) is 7.80. The number of rotatable bonds is 3. The summed E-state index contributed by atoms with van der Waals surface area (Å²) in [5, 5.41) is 0. The van der Waals surface area contributed by atoms with E-state index >= 15 is 0 Å². The van der Waals surface area contributed by atoms with Gasteiger partial charge in [-0.1, -0.05) is 90.0 Å². The molecule has 0 N–H and O–H groups in total. The standard InChI is InChI=1S/C22H22.Y/c1-17-9-13-20(14-10-17)22(3,19-7-5-4-6-8-19)21-15-11-18(2)12-16-21;/h4-16H,1-3H3;. The number of hydrogen-bond acceptors (Lipinski definition) is 0. The molecule has 0 aliphatic rings. The monoisotopic (exact) mass is 375 g/mol. The molecule has 0 saturated carbocycles. The summed E-state index contributed by atoms with van der Waals surface area (Å²) >= 11 is 0. The van der Waals surface area contributed by atoms with Gasteiger partial charge in [0.25, 0.3) is 0 Å². The van der Waals surface area contributed by atoms with Gasteiger partial charge in [0, 0.05) is 38.1 Å². The molecule has 0 aromatic heterocycles. The summed E-state index contributed by atoms with van der Waals surface area (Å²) in [7, 11) is 0. The summed E-state index contributed by atoms with van der Waals surface area (Å²) < 4.78 is 0. The van der Waals surface area contributed by atoms with Crippen molar-refractivity contribution >= 4 is 0 Å². The largest absolute Gasteiger partial charge is 0.0622 e. The number of hydrogen-bond donors (Lipinski definition) is 0. The van der Waals surface area contributed by atoms with E-state index in [-0.39, 0.29) is 38.1 Å². The zero-order valence-corrected chi connectivity index (χ0v) is 16.9. The zero-order valence-electron chi connectivity index (χ0n) is 14.1. The molecule has 3 rings (SSSR count). The van der Waals surface area contributed by atoms with Gasteiger partial charge in [-0.3, -0.25) is 0 Å². The van der Waals surface area contributed by atoms with Crippen molar-refractivity contribution in [3.05, 3.63) is 107 Å². The van der Waals surface area contributed by atoms with Crippen molar-refractivity contribution in [3.8, 4) is 0 Å². The van der Waals surface area contributed by atoms with E-state index < -0.39 is 0 Å². The Bertz CT molecular complexity index is 695. The van der Waals surface area contributed by atoms with Crippen molar-refractivity contribution in [2.24, 2.45) is 0 Å². The molecule has 23 heavy (non-hydrogen) atoms. The summed E-state index contributed by atoms with van der Waals surface area (Å²) in [6.45, 7) is 6.59. The van der Waals surface area contributed by atoms with Gasteiger partial charge in [-0.15, -0.1) is 0 Å². The Labute approximate surface area is 164 Å². The van der Waals surface area contributed by atoms with Crippen LogP contribution in [0.2, 0.25) is 0 Å². The maximum absolute atomic E-state index is 2.32. The second-order valence-electron chi connectivity index (χ2n) is 6.22. The number of aryl methyl sites for hydroxylation is 2. The Hall–Kier alpha value is -1.24. The van der Waals surface area contributed by atoms with E-state index in [1.54, 1.807) is 0 Å². The molecule has 3 aromatic carbocycles. The maximum Gasteiger partial charge on any atom is 0.0423 e. The molecule has 113 valence electrons. The summed E-state index contributed by atoms with van der Waals surface area (Å²) in [4.78, 5) is 0. The first kappa shape index (κ1) is 18.1. The van der Waals surface area contributed by atoms with Crippen molar-refractivity contribution in [3.63, 3.8) is 0 Å². The smallest absolute Gasteiger partial charge is 0.0423 e. The minimum Gasteiger partial charge on any atom is -0.0622 e. The molecule has 1 heteroatoms. The zero-order chi connectivity index (χ0) is 15.6. The molecule has 0 nitrogen and oxygen atoms in total. The van der Waals surface area contributed by atoms with E-state index in [1.807, 2.05) is 0 Å². The average molecular weight is 375 g/mol. The minimum atomic E-state index is -0.136. The van der Waals surface area contributed by atoms with E-state index in [2.05, 4.69) is 99.6 Å². The quantitative estimate of drug-likeness (QED) is 0.519. The van der Waals surface area contributed by atoms with Crippen molar-refractivity contribution in [2.75, 3.05) is 0 Å². The first-order valence-corrected chi connectivity index (χ1v) is 7.80. The van der Waals surface area contributed by atoms with Gasteiger partial charge in [-0.25, -0.2) is 0 Å². The van der Waals surface area contributed by atoms with Gasteiger partial charge in [0.1, 0.15) is 0 Å². The van der Waals surface area contributed by atoms with Crippen LogP contribution in [0.5, 0.6) is 0 Å². The molecular formula is C22H22Y.